The van der Waals surface area contributed by atoms with Crippen molar-refractivity contribution in [2.75, 3.05) is 25.0 Å². The molecule has 0 aliphatic rings. The van der Waals surface area contributed by atoms with E-state index in [4.69, 9.17) is 16.3 Å². The van der Waals surface area contributed by atoms with Crippen LogP contribution in [0.25, 0.3) is 0 Å². The monoisotopic (exact) mass is 605 g/mol. The van der Waals surface area contributed by atoms with Crippen molar-refractivity contribution in [2.24, 2.45) is 0 Å². The molecule has 4 aromatic carbocycles. The SMILES string of the molecule is CNC(=O)[C@H](Cc1ccccc1)N(Cc1cccc(OC)c1)C(=O)CN(c1ccccc1)S(=O)(=O)c1ccc(Cl)cc1. The summed E-state index contributed by atoms with van der Waals surface area (Å²) >= 11 is 6.01. The summed E-state index contributed by atoms with van der Waals surface area (Å²) in [4.78, 5) is 29.0. The highest BCUT2D eigenvalue weighted by Crippen LogP contribution is 2.26. The number of benzene rings is 4. The van der Waals surface area contributed by atoms with Crippen LogP contribution in [0.5, 0.6) is 5.75 Å². The summed E-state index contributed by atoms with van der Waals surface area (Å²) in [7, 11) is -1.13. The van der Waals surface area contributed by atoms with Crippen LogP contribution in [-0.4, -0.2) is 51.9 Å². The number of carbonyl (C=O) groups is 2. The van der Waals surface area contributed by atoms with E-state index in [-0.39, 0.29) is 23.8 Å². The maximum atomic E-state index is 14.3. The van der Waals surface area contributed by atoms with Crippen molar-refractivity contribution in [3.63, 3.8) is 0 Å². The lowest BCUT2D eigenvalue weighted by atomic mass is 10.0. The van der Waals surface area contributed by atoms with Gasteiger partial charge in [-0.25, -0.2) is 8.42 Å². The van der Waals surface area contributed by atoms with E-state index in [1.807, 2.05) is 36.4 Å². The first-order valence-corrected chi connectivity index (χ1v) is 15.1. The second-order valence-electron chi connectivity index (χ2n) is 9.49. The first kappa shape index (κ1) is 30.6. The average molecular weight is 606 g/mol. The maximum Gasteiger partial charge on any atom is 0.264 e. The van der Waals surface area contributed by atoms with Gasteiger partial charge in [0.25, 0.3) is 10.0 Å². The maximum absolute atomic E-state index is 14.3. The van der Waals surface area contributed by atoms with Crippen molar-refractivity contribution < 1.29 is 22.7 Å². The van der Waals surface area contributed by atoms with Crippen LogP contribution in [0.1, 0.15) is 11.1 Å². The molecule has 10 heteroatoms. The molecule has 1 N–H and O–H groups in total. The molecule has 0 aliphatic carbocycles. The topological polar surface area (TPSA) is 96.0 Å². The Hall–Kier alpha value is -4.34. The van der Waals surface area contributed by atoms with Crippen molar-refractivity contribution in [1.29, 1.82) is 0 Å². The Kier molecular flexibility index (Phi) is 10.2. The van der Waals surface area contributed by atoms with E-state index in [2.05, 4.69) is 5.32 Å². The number of amides is 2. The molecule has 42 heavy (non-hydrogen) atoms. The fraction of sp³-hybridized carbons (Fsp3) is 0.188. The van der Waals surface area contributed by atoms with Gasteiger partial charge in [-0.3, -0.25) is 13.9 Å². The van der Waals surface area contributed by atoms with Gasteiger partial charge in [-0.05, 0) is 59.7 Å². The van der Waals surface area contributed by atoms with E-state index < -0.39 is 28.5 Å². The third-order valence-corrected chi connectivity index (χ3v) is 8.77. The lowest BCUT2D eigenvalue weighted by Crippen LogP contribution is -2.53. The number of hydrogen-bond donors (Lipinski definition) is 1. The van der Waals surface area contributed by atoms with Crippen molar-refractivity contribution in [3.8, 4) is 5.75 Å². The number of nitrogens with one attached hydrogen (secondary N) is 1. The smallest absolute Gasteiger partial charge is 0.264 e. The fourth-order valence-electron chi connectivity index (χ4n) is 4.54. The predicted molar refractivity (Wildman–Crippen MR) is 164 cm³/mol. The van der Waals surface area contributed by atoms with Gasteiger partial charge in [0.15, 0.2) is 0 Å². The number of halogens is 1. The summed E-state index contributed by atoms with van der Waals surface area (Å²) in [5.41, 5.74) is 1.88. The molecule has 0 unspecified atom stereocenters. The van der Waals surface area contributed by atoms with Crippen LogP contribution >= 0.6 is 11.6 Å². The first-order valence-electron chi connectivity index (χ1n) is 13.2. The standard InChI is InChI=1S/C32H32ClN3O5S/c1-34-32(38)30(21-24-10-5-3-6-11-24)35(22-25-12-9-15-28(20-25)41-2)31(37)23-36(27-13-7-4-8-14-27)42(39,40)29-18-16-26(33)17-19-29/h3-20,30H,21-23H2,1-2H3,(H,34,38)/t30-/m0/s1. The molecule has 218 valence electrons. The summed E-state index contributed by atoms with van der Waals surface area (Å²) in [5, 5.41) is 3.06. The van der Waals surface area contributed by atoms with Crippen LogP contribution in [0.2, 0.25) is 5.02 Å². The number of anilines is 1. The van der Waals surface area contributed by atoms with Gasteiger partial charge < -0.3 is 15.0 Å². The minimum absolute atomic E-state index is 0.0185. The van der Waals surface area contributed by atoms with Crippen LogP contribution < -0.4 is 14.4 Å². The lowest BCUT2D eigenvalue weighted by Gasteiger charge is -2.33. The number of sulfonamides is 1. The van der Waals surface area contributed by atoms with E-state index in [0.717, 1.165) is 15.4 Å². The summed E-state index contributed by atoms with van der Waals surface area (Å²) in [6.07, 6.45) is 0.228. The zero-order chi connectivity index (χ0) is 30.1. The van der Waals surface area contributed by atoms with Gasteiger partial charge in [0, 0.05) is 25.0 Å². The average Bonchev–Trinajstić information content (AvgIpc) is 3.02. The third kappa shape index (κ3) is 7.48. The van der Waals surface area contributed by atoms with Gasteiger partial charge in [0.1, 0.15) is 18.3 Å². The van der Waals surface area contributed by atoms with E-state index in [1.54, 1.807) is 55.6 Å². The Morgan fingerprint density at radius 1 is 0.857 bits per heavy atom. The van der Waals surface area contributed by atoms with Crippen LogP contribution in [0.4, 0.5) is 5.69 Å². The van der Waals surface area contributed by atoms with Gasteiger partial charge in [-0.1, -0.05) is 72.3 Å². The quantitative estimate of drug-likeness (QED) is 0.247. The van der Waals surface area contributed by atoms with Gasteiger partial charge >= 0.3 is 0 Å². The molecule has 4 aromatic rings. The van der Waals surface area contributed by atoms with Crippen molar-refractivity contribution in [1.82, 2.24) is 10.2 Å². The Bertz CT molecular complexity index is 1600. The lowest BCUT2D eigenvalue weighted by molar-refractivity contribution is -0.139. The molecule has 0 aliphatic heterocycles. The number of nitrogens with zero attached hydrogens (tertiary/aromatic N) is 2. The Morgan fingerprint density at radius 2 is 1.48 bits per heavy atom. The number of hydrogen-bond acceptors (Lipinski definition) is 5. The van der Waals surface area contributed by atoms with E-state index in [0.29, 0.717) is 16.5 Å². The number of methoxy groups -OCH3 is 1. The molecule has 0 heterocycles. The van der Waals surface area contributed by atoms with Crippen molar-refractivity contribution >= 4 is 39.1 Å². The Morgan fingerprint density at radius 3 is 2.10 bits per heavy atom. The molecule has 0 saturated heterocycles. The number of ether oxygens (including phenoxy) is 1. The van der Waals surface area contributed by atoms with E-state index >= 15 is 0 Å². The molecule has 0 spiro atoms. The second kappa shape index (κ2) is 14.0. The van der Waals surface area contributed by atoms with Crippen LogP contribution in [0.3, 0.4) is 0 Å². The highest BCUT2D eigenvalue weighted by molar-refractivity contribution is 7.92. The van der Waals surface area contributed by atoms with Crippen LogP contribution in [-0.2, 0) is 32.6 Å². The third-order valence-electron chi connectivity index (χ3n) is 6.73. The minimum atomic E-state index is -4.19. The summed E-state index contributed by atoms with van der Waals surface area (Å²) in [5.74, 6) is -0.332. The van der Waals surface area contributed by atoms with Crippen LogP contribution in [0, 0.1) is 0 Å². The molecule has 0 bridgehead atoms. The highest BCUT2D eigenvalue weighted by atomic mass is 35.5. The van der Waals surface area contributed by atoms with Crippen molar-refractivity contribution in [3.05, 3.63) is 125 Å². The van der Waals surface area contributed by atoms with Gasteiger partial charge in [0.2, 0.25) is 11.8 Å². The first-order chi connectivity index (χ1) is 20.2. The minimum Gasteiger partial charge on any atom is -0.497 e. The molecule has 2 amide bonds. The number of carbonyl (C=O) groups excluding carboxylic acids is 2. The second-order valence-corrected chi connectivity index (χ2v) is 11.8. The summed E-state index contributed by atoms with van der Waals surface area (Å²) < 4.78 is 34.2. The molecular weight excluding hydrogens is 574 g/mol. The molecule has 8 nitrogen and oxygen atoms in total. The zero-order valence-electron chi connectivity index (χ0n) is 23.3. The number of likely N-dealkylation sites (N-methyl/N-ethyl adjacent to an activating group) is 1. The van der Waals surface area contributed by atoms with E-state index in [1.165, 1.54) is 36.2 Å². The largest absolute Gasteiger partial charge is 0.497 e. The van der Waals surface area contributed by atoms with Crippen LogP contribution in [0.15, 0.2) is 114 Å². The number of para-hydroxylation sites is 1. The highest BCUT2D eigenvalue weighted by Gasteiger charge is 2.34. The Balaban J connectivity index is 1.77. The predicted octanol–water partition coefficient (Wildman–Crippen LogP) is 4.93. The molecule has 0 aromatic heterocycles. The van der Waals surface area contributed by atoms with Crippen molar-refractivity contribution in [2.45, 2.75) is 23.9 Å². The van der Waals surface area contributed by atoms with E-state index in [9.17, 15) is 18.0 Å². The normalized spacial score (nSPS) is 11.8. The molecular formula is C32H32ClN3O5S. The van der Waals surface area contributed by atoms with Gasteiger partial charge in [-0.2, -0.15) is 0 Å². The zero-order valence-corrected chi connectivity index (χ0v) is 24.9. The van der Waals surface area contributed by atoms with Gasteiger partial charge in [0.05, 0.1) is 17.7 Å². The molecule has 0 saturated carbocycles. The van der Waals surface area contributed by atoms with Gasteiger partial charge in [-0.15, -0.1) is 0 Å². The summed E-state index contributed by atoms with van der Waals surface area (Å²) in [6.45, 7) is -0.494. The Labute approximate surface area is 251 Å². The molecule has 0 fully saturated rings. The molecule has 1 atom stereocenters. The number of rotatable bonds is 12. The fourth-order valence-corrected chi connectivity index (χ4v) is 6.09. The molecule has 0 radical (unpaired) electrons. The molecule has 4 rings (SSSR count). The summed E-state index contributed by atoms with van der Waals surface area (Å²) in [6, 6.07) is 29.8.